The molecule has 1 amide bonds. The SMILES string of the molecule is CS(=O)(=O)c1ccc(C(=O)Nc2cnc(Cl)c(Br)c2)cc1. The number of rotatable bonds is 3. The van der Waals surface area contributed by atoms with Gasteiger partial charge in [-0.3, -0.25) is 4.79 Å². The Balaban J connectivity index is 2.18. The van der Waals surface area contributed by atoms with Gasteiger partial charge in [0.2, 0.25) is 0 Å². The van der Waals surface area contributed by atoms with Gasteiger partial charge in [-0.15, -0.1) is 0 Å². The van der Waals surface area contributed by atoms with Crippen LogP contribution in [0.4, 0.5) is 5.69 Å². The van der Waals surface area contributed by atoms with Gasteiger partial charge in [0.1, 0.15) is 5.15 Å². The first-order chi connectivity index (χ1) is 9.77. The molecule has 1 aromatic carbocycles. The summed E-state index contributed by atoms with van der Waals surface area (Å²) in [5.41, 5.74) is 0.817. The second-order valence-electron chi connectivity index (χ2n) is 4.25. The van der Waals surface area contributed by atoms with E-state index in [0.717, 1.165) is 6.26 Å². The predicted molar refractivity (Wildman–Crippen MR) is 84.5 cm³/mol. The number of hydrogen-bond acceptors (Lipinski definition) is 4. The van der Waals surface area contributed by atoms with Crippen molar-refractivity contribution in [1.82, 2.24) is 4.98 Å². The van der Waals surface area contributed by atoms with Gasteiger partial charge in [-0.05, 0) is 46.3 Å². The Kier molecular flexibility index (Phi) is 4.65. The zero-order valence-corrected chi connectivity index (χ0v) is 14.0. The first-order valence-electron chi connectivity index (χ1n) is 5.70. The lowest BCUT2D eigenvalue weighted by Crippen LogP contribution is -2.12. The van der Waals surface area contributed by atoms with Gasteiger partial charge < -0.3 is 5.32 Å². The Morgan fingerprint density at radius 1 is 1.29 bits per heavy atom. The van der Waals surface area contributed by atoms with Crippen LogP contribution in [0.2, 0.25) is 5.15 Å². The van der Waals surface area contributed by atoms with Crippen molar-refractivity contribution in [2.24, 2.45) is 0 Å². The number of benzene rings is 1. The third kappa shape index (κ3) is 4.03. The van der Waals surface area contributed by atoms with E-state index in [1.54, 1.807) is 6.07 Å². The number of aromatic nitrogens is 1. The molecule has 1 aromatic heterocycles. The first-order valence-corrected chi connectivity index (χ1v) is 8.76. The van der Waals surface area contributed by atoms with Gasteiger partial charge >= 0.3 is 0 Å². The Labute approximate surface area is 135 Å². The summed E-state index contributed by atoms with van der Waals surface area (Å²) in [6.07, 6.45) is 2.54. The van der Waals surface area contributed by atoms with E-state index < -0.39 is 9.84 Å². The summed E-state index contributed by atoms with van der Waals surface area (Å²) in [4.78, 5) is 16.1. The first kappa shape index (κ1) is 15.9. The van der Waals surface area contributed by atoms with Crippen LogP contribution >= 0.6 is 27.5 Å². The average molecular weight is 390 g/mol. The molecule has 0 bridgehead atoms. The van der Waals surface area contributed by atoms with Crippen LogP contribution in [0, 0.1) is 0 Å². The van der Waals surface area contributed by atoms with E-state index in [2.05, 4.69) is 26.2 Å². The second kappa shape index (κ2) is 6.13. The van der Waals surface area contributed by atoms with E-state index in [4.69, 9.17) is 11.6 Å². The monoisotopic (exact) mass is 388 g/mol. The van der Waals surface area contributed by atoms with E-state index in [1.165, 1.54) is 30.5 Å². The summed E-state index contributed by atoms with van der Waals surface area (Å²) in [6, 6.07) is 7.30. The van der Waals surface area contributed by atoms with Crippen molar-refractivity contribution < 1.29 is 13.2 Å². The molecule has 1 N–H and O–H groups in total. The van der Waals surface area contributed by atoms with Crippen LogP contribution < -0.4 is 5.32 Å². The van der Waals surface area contributed by atoms with Crippen LogP contribution in [0.15, 0.2) is 45.9 Å². The molecule has 0 fully saturated rings. The summed E-state index contributed by atoms with van der Waals surface area (Å²) in [6.45, 7) is 0. The quantitative estimate of drug-likeness (QED) is 0.818. The molecule has 0 aliphatic rings. The number of hydrogen-bond donors (Lipinski definition) is 1. The molecule has 0 atom stereocenters. The number of nitrogens with one attached hydrogen (secondary N) is 1. The maximum atomic E-state index is 12.0. The molecular formula is C13H10BrClN2O3S. The number of halogens is 2. The van der Waals surface area contributed by atoms with Crippen molar-refractivity contribution in [1.29, 1.82) is 0 Å². The maximum Gasteiger partial charge on any atom is 0.255 e. The van der Waals surface area contributed by atoms with Crippen LogP contribution in [0.5, 0.6) is 0 Å². The molecule has 0 spiro atoms. The largest absolute Gasteiger partial charge is 0.321 e. The van der Waals surface area contributed by atoms with Crippen LogP contribution in [-0.4, -0.2) is 25.6 Å². The molecule has 0 aliphatic heterocycles. The topological polar surface area (TPSA) is 76.1 Å². The highest BCUT2D eigenvalue weighted by atomic mass is 79.9. The average Bonchev–Trinajstić information content (AvgIpc) is 2.42. The number of pyridine rings is 1. The van der Waals surface area contributed by atoms with Crippen molar-refractivity contribution in [3.8, 4) is 0 Å². The fraction of sp³-hybridized carbons (Fsp3) is 0.0769. The fourth-order valence-electron chi connectivity index (χ4n) is 1.55. The number of amides is 1. The molecule has 0 aliphatic carbocycles. The molecule has 0 radical (unpaired) electrons. The molecule has 1 heterocycles. The molecule has 2 aromatic rings. The molecular weight excluding hydrogens is 380 g/mol. The minimum Gasteiger partial charge on any atom is -0.321 e. The van der Waals surface area contributed by atoms with Crippen molar-refractivity contribution in [2.45, 2.75) is 4.90 Å². The van der Waals surface area contributed by atoms with Gasteiger partial charge in [0.25, 0.3) is 5.91 Å². The van der Waals surface area contributed by atoms with E-state index in [9.17, 15) is 13.2 Å². The predicted octanol–water partition coefficient (Wildman–Crippen LogP) is 3.15. The normalized spacial score (nSPS) is 11.2. The summed E-state index contributed by atoms with van der Waals surface area (Å²) in [7, 11) is -3.28. The minimum atomic E-state index is -3.28. The van der Waals surface area contributed by atoms with Crippen molar-refractivity contribution in [2.75, 3.05) is 11.6 Å². The molecule has 0 saturated carbocycles. The lowest BCUT2D eigenvalue weighted by atomic mass is 10.2. The summed E-state index contributed by atoms with van der Waals surface area (Å²) < 4.78 is 23.3. The van der Waals surface area contributed by atoms with Gasteiger partial charge in [-0.25, -0.2) is 13.4 Å². The van der Waals surface area contributed by atoms with Gasteiger partial charge in [0, 0.05) is 11.8 Å². The Morgan fingerprint density at radius 3 is 2.43 bits per heavy atom. The molecule has 21 heavy (non-hydrogen) atoms. The summed E-state index contributed by atoms with van der Waals surface area (Å²) >= 11 is 8.98. The summed E-state index contributed by atoms with van der Waals surface area (Å²) in [5.74, 6) is -0.369. The third-order valence-electron chi connectivity index (χ3n) is 2.60. The lowest BCUT2D eigenvalue weighted by Gasteiger charge is -2.06. The van der Waals surface area contributed by atoms with Gasteiger partial charge in [0.05, 0.1) is 21.3 Å². The standard InChI is InChI=1S/C13H10BrClN2O3S/c1-21(19,20)10-4-2-8(3-5-10)13(18)17-9-6-11(14)12(15)16-7-9/h2-7H,1H3,(H,17,18). The van der Waals surface area contributed by atoms with Gasteiger partial charge in [-0.1, -0.05) is 11.6 Å². The van der Waals surface area contributed by atoms with E-state index in [-0.39, 0.29) is 10.8 Å². The van der Waals surface area contributed by atoms with E-state index in [0.29, 0.717) is 20.9 Å². The highest BCUT2D eigenvalue weighted by Crippen LogP contribution is 2.23. The van der Waals surface area contributed by atoms with Crippen molar-refractivity contribution >= 4 is 49.0 Å². The number of nitrogens with zero attached hydrogens (tertiary/aromatic N) is 1. The zero-order chi connectivity index (χ0) is 15.6. The highest BCUT2D eigenvalue weighted by Gasteiger charge is 2.11. The van der Waals surface area contributed by atoms with E-state index >= 15 is 0 Å². The van der Waals surface area contributed by atoms with Gasteiger partial charge in [-0.2, -0.15) is 0 Å². The molecule has 2 rings (SSSR count). The number of sulfone groups is 1. The Hall–Kier alpha value is -1.44. The molecule has 0 saturated heterocycles. The number of carbonyl (C=O) groups is 1. The minimum absolute atomic E-state index is 0.162. The summed E-state index contributed by atoms with van der Waals surface area (Å²) in [5, 5.41) is 2.94. The fourth-order valence-corrected chi connectivity index (χ4v) is 2.63. The molecule has 0 unspecified atom stereocenters. The molecule has 8 heteroatoms. The maximum absolute atomic E-state index is 12.0. The number of anilines is 1. The van der Waals surface area contributed by atoms with Crippen molar-refractivity contribution in [3.63, 3.8) is 0 Å². The van der Waals surface area contributed by atoms with Gasteiger partial charge in [0.15, 0.2) is 9.84 Å². The van der Waals surface area contributed by atoms with Crippen LogP contribution in [0.25, 0.3) is 0 Å². The Bertz CT molecular complexity index is 792. The smallest absolute Gasteiger partial charge is 0.255 e. The van der Waals surface area contributed by atoms with Crippen LogP contribution in [0.1, 0.15) is 10.4 Å². The van der Waals surface area contributed by atoms with Crippen LogP contribution in [0.3, 0.4) is 0 Å². The second-order valence-corrected chi connectivity index (χ2v) is 7.48. The van der Waals surface area contributed by atoms with Crippen LogP contribution in [-0.2, 0) is 9.84 Å². The molecule has 5 nitrogen and oxygen atoms in total. The zero-order valence-electron chi connectivity index (χ0n) is 10.8. The van der Waals surface area contributed by atoms with Crippen molar-refractivity contribution in [3.05, 3.63) is 51.7 Å². The number of carbonyl (C=O) groups excluding carboxylic acids is 1. The van der Waals surface area contributed by atoms with E-state index in [1.807, 2.05) is 0 Å². The molecule has 110 valence electrons. The lowest BCUT2D eigenvalue weighted by molar-refractivity contribution is 0.102. The Morgan fingerprint density at radius 2 is 1.90 bits per heavy atom. The third-order valence-corrected chi connectivity index (χ3v) is 4.86. The highest BCUT2D eigenvalue weighted by molar-refractivity contribution is 9.10.